The highest BCUT2D eigenvalue weighted by Gasteiger charge is 2.26. The van der Waals surface area contributed by atoms with Crippen LogP contribution >= 0.6 is 0 Å². The standard InChI is InChI=1S/C18H20N4O3/c1-12(18(24)25-2)17(13-6-4-3-5-7-13)19-11-14-10-16(23)22-15(21-14)8-9-20-22/h3-10,12,17,19-20H,11H2,1-2H3/t12-,17-/m1/s1. The van der Waals surface area contributed by atoms with Gasteiger partial charge in [-0.3, -0.25) is 14.7 Å². The van der Waals surface area contributed by atoms with Gasteiger partial charge in [-0.1, -0.05) is 37.3 Å². The third-order valence-corrected chi connectivity index (χ3v) is 4.17. The molecule has 0 unspecified atom stereocenters. The summed E-state index contributed by atoms with van der Waals surface area (Å²) < 4.78 is 6.25. The van der Waals surface area contributed by atoms with E-state index in [1.165, 1.54) is 17.7 Å². The fourth-order valence-electron chi connectivity index (χ4n) is 2.85. The maximum atomic E-state index is 12.1. The molecule has 0 amide bonds. The van der Waals surface area contributed by atoms with Crippen molar-refractivity contribution < 1.29 is 9.53 Å². The normalized spacial score (nSPS) is 13.5. The topological polar surface area (TPSA) is 88.5 Å². The number of aromatic nitrogens is 3. The smallest absolute Gasteiger partial charge is 0.310 e. The Hall–Kier alpha value is -2.93. The first-order valence-corrected chi connectivity index (χ1v) is 8.02. The number of hydrogen-bond acceptors (Lipinski definition) is 5. The molecule has 0 saturated carbocycles. The summed E-state index contributed by atoms with van der Waals surface area (Å²) in [5.41, 5.74) is 1.97. The molecule has 0 fully saturated rings. The van der Waals surface area contributed by atoms with Gasteiger partial charge in [-0.25, -0.2) is 9.50 Å². The van der Waals surface area contributed by atoms with E-state index in [0.29, 0.717) is 17.9 Å². The minimum absolute atomic E-state index is 0.177. The zero-order valence-electron chi connectivity index (χ0n) is 14.1. The van der Waals surface area contributed by atoms with Gasteiger partial charge in [0, 0.05) is 30.9 Å². The van der Waals surface area contributed by atoms with Gasteiger partial charge in [-0.05, 0) is 5.56 Å². The second kappa shape index (κ2) is 7.31. The van der Waals surface area contributed by atoms with E-state index in [4.69, 9.17) is 4.74 Å². The highest BCUT2D eigenvalue weighted by molar-refractivity contribution is 5.73. The molecular formula is C18H20N4O3. The van der Waals surface area contributed by atoms with Crippen molar-refractivity contribution in [2.45, 2.75) is 19.5 Å². The van der Waals surface area contributed by atoms with Crippen LogP contribution in [0.1, 0.15) is 24.2 Å². The van der Waals surface area contributed by atoms with Crippen LogP contribution in [-0.4, -0.2) is 27.7 Å². The van der Waals surface area contributed by atoms with Crippen LogP contribution in [0, 0.1) is 5.92 Å². The maximum absolute atomic E-state index is 12.1. The summed E-state index contributed by atoms with van der Waals surface area (Å²) >= 11 is 0. The Labute approximate surface area is 144 Å². The molecule has 0 saturated heterocycles. The lowest BCUT2D eigenvalue weighted by Gasteiger charge is -2.24. The Morgan fingerprint density at radius 2 is 2.08 bits per heavy atom. The zero-order chi connectivity index (χ0) is 17.8. The maximum Gasteiger partial charge on any atom is 0.310 e. The van der Waals surface area contributed by atoms with Crippen molar-refractivity contribution in [3.05, 3.63) is 70.3 Å². The van der Waals surface area contributed by atoms with Crippen molar-refractivity contribution in [3.8, 4) is 0 Å². The molecule has 7 heteroatoms. The molecule has 25 heavy (non-hydrogen) atoms. The average molecular weight is 340 g/mol. The number of aromatic amines is 1. The SMILES string of the molecule is COC(=O)[C@H](C)[C@@H](NCc1cc(=O)n2[nH]ccc2n1)c1ccccc1. The number of fused-ring (bicyclic) bond motifs is 1. The van der Waals surface area contributed by atoms with Crippen molar-refractivity contribution in [3.63, 3.8) is 0 Å². The van der Waals surface area contributed by atoms with Crippen LogP contribution in [0.5, 0.6) is 0 Å². The summed E-state index contributed by atoms with van der Waals surface area (Å²) in [4.78, 5) is 28.5. The van der Waals surface area contributed by atoms with Crippen molar-refractivity contribution in [1.29, 1.82) is 0 Å². The molecule has 0 aliphatic rings. The lowest BCUT2D eigenvalue weighted by Crippen LogP contribution is -2.32. The van der Waals surface area contributed by atoms with Crippen molar-refractivity contribution in [2.24, 2.45) is 5.92 Å². The Morgan fingerprint density at radius 3 is 2.80 bits per heavy atom. The van der Waals surface area contributed by atoms with Crippen LogP contribution in [0.2, 0.25) is 0 Å². The third-order valence-electron chi connectivity index (χ3n) is 4.17. The number of carbonyl (C=O) groups is 1. The van der Waals surface area contributed by atoms with Gasteiger partial charge in [0.2, 0.25) is 0 Å². The molecule has 0 aliphatic carbocycles. The van der Waals surface area contributed by atoms with Crippen molar-refractivity contribution >= 4 is 11.6 Å². The van der Waals surface area contributed by atoms with Crippen molar-refractivity contribution in [2.75, 3.05) is 7.11 Å². The molecule has 2 heterocycles. The first-order chi connectivity index (χ1) is 12.1. The molecule has 0 aliphatic heterocycles. The summed E-state index contributed by atoms with van der Waals surface area (Å²) in [6.07, 6.45) is 1.66. The number of nitrogens with one attached hydrogen (secondary N) is 2. The quantitative estimate of drug-likeness (QED) is 0.666. The molecule has 130 valence electrons. The van der Waals surface area contributed by atoms with Gasteiger partial charge in [-0.2, -0.15) is 0 Å². The molecule has 3 aromatic rings. The Kier molecular flexibility index (Phi) is 4.95. The largest absolute Gasteiger partial charge is 0.469 e. The molecule has 2 atom stereocenters. The number of H-pyrrole nitrogens is 1. The third kappa shape index (κ3) is 3.61. The average Bonchev–Trinajstić information content (AvgIpc) is 3.11. The monoisotopic (exact) mass is 340 g/mol. The molecule has 2 N–H and O–H groups in total. The lowest BCUT2D eigenvalue weighted by molar-refractivity contribution is -0.146. The van der Waals surface area contributed by atoms with E-state index < -0.39 is 0 Å². The van der Waals surface area contributed by atoms with E-state index in [0.717, 1.165) is 5.56 Å². The van der Waals surface area contributed by atoms with E-state index in [2.05, 4.69) is 15.4 Å². The highest BCUT2D eigenvalue weighted by atomic mass is 16.5. The fourth-order valence-corrected chi connectivity index (χ4v) is 2.85. The predicted molar refractivity (Wildman–Crippen MR) is 93.0 cm³/mol. The van der Waals surface area contributed by atoms with Crippen LogP contribution in [0.3, 0.4) is 0 Å². The van der Waals surface area contributed by atoms with E-state index in [9.17, 15) is 9.59 Å². The van der Waals surface area contributed by atoms with Crippen LogP contribution in [-0.2, 0) is 16.1 Å². The number of hydrogen-bond donors (Lipinski definition) is 2. The van der Waals surface area contributed by atoms with Gasteiger partial charge >= 0.3 is 5.97 Å². The summed E-state index contributed by atoms with van der Waals surface area (Å²) in [5.74, 6) is -0.681. The highest BCUT2D eigenvalue weighted by Crippen LogP contribution is 2.23. The van der Waals surface area contributed by atoms with Gasteiger partial charge in [0.05, 0.1) is 18.7 Å². The molecule has 0 radical (unpaired) electrons. The van der Waals surface area contributed by atoms with Gasteiger partial charge < -0.3 is 10.1 Å². The summed E-state index contributed by atoms with van der Waals surface area (Å²) in [6, 6.07) is 12.6. The Bertz CT molecular complexity index is 917. The number of ether oxygens (including phenoxy) is 1. The molecule has 3 rings (SSSR count). The molecule has 2 aromatic heterocycles. The number of carbonyl (C=O) groups excluding carboxylic acids is 1. The van der Waals surface area contributed by atoms with Crippen LogP contribution in [0.25, 0.3) is 5.65 Å². The number of rotatable bonds is 6. The second-order valence-corrected chi connectivity index (χ2v) is 5.82. The van der Waals surface area contributed by atoms with E-state index in [1.54, 1.807) is 12.3 Å². The Balaban J connectivity index is 1.84. The second-order valence-electron chi connectivity index (χ2n) is 5.82. The number of methoxy groups -OCH3 is 1. The lowest BCUT2D eigenvalue weighted by atomic mass is 9.94. The van der Waals surface area contributed by atoms with Gasteiger partial charge in [0.1, 0.15) is 0 Å². The summed E-state index contributed by atoms with van der Waals surface area (Å²) in [7, 11) is 1.38. The van der Waals surface area contributed by atoms with Gasteiger partial charge in [0.25, 0.3) is 5.56 Å². The van der Waals surface area contributed by atoms with Crippen LogP contribution < -0.4 is 10.9 Å². The van der Waals surface area contributed by atoms with Crippen LogP contribution in [0.4, 0.5) is 0 Å². The number of esters is 1. The molecule has 7 nitrogen and oxygen atoms in total. The number of benzene rings is 1. The van der Waals surface area contributed by atoms with E-state index in [1.807, 2.05) is 37.3 Å². The zero-order valence-corrected chi connectivity index (χ0v) is 14.1. The first-order valence-electron chi connectivity index (χ1n) is 8.02. The molecule has 0 spiro atoms. The first kappa shape index (κ1) is 16.9. The molecular weight excluding hydrogens is 320 g/mol. The van der Waals surface area contributed by atoms with E-state index >= 15 is 0 Å². The Morgan fingerprint density at radius 1 is 1.32 bits per heavy atom. The summed E-state index contributed by atoms with van der Waals surface area (Å²) in [6.45, 7) is 2.17. The van der Waals surface area contributed by atoms with E-state index in [-0.39, 0.29) is 23.5 Å². The molecule has 1 aromatic carbocycles. The summed E-state index contributed by atoms with van der Waals surface area (Å²) in [5, 5.41) is 6.14. The van der Waals surface area contributed by atoms with Crippen molar-refractivity contribution in [1.82, 2.24) is 19.9 Å². The van der Waals surface area contributed by atoms with Gasteiger partial charge in [0.15, 0.2) is 5.65 Å². The number of nitrogens with zero attached hydrogens (tertiary/aromatic N) is 2. The minimum atomic E-state index is -0.385. The van der Waals surface area contributed by atoms with Crippen LogP contribution in [0.15, 0.2) is 53.5 Å². The fraction of sp³-hybridized carbons (Fsp3) is 0.278. The van der Waals surface area contributed by atoms with Gasteiger partial charge in [-0.15, -0.1) is 0 Å². The minimum Gasteiger partial charge on any atom is -0.469 e. The predicted octanol–water partition coefficient (Wildman–Crippen LogP) is 1.66. The molecule has 0 bridgehead atoms.